The van der Waals surface area contributed by atoms with Crippen LogP contribution in [-0.2, 0) is 48.0 Å². The average molecular weight is 820 g/mol. The van der Waals surface area contributed by atoms with E-state index in [4.69, 9.17) is 24.7 Å². The fraction of sp³-hybridized carbons (Fsp3) is 0.435. The van der Waals surface area contributed by atoms with Gasteiger partial charge in [0.1, 0.15) is 24.9 Å². The van der Waals surface area contributed by atoms with Gasteiger partial charge in [0, 0.05) is 40.5 Å². The van der Waals surface area contributed by atoms with Gasteiger partial charge in [-0.1, -0.05) is 91.0 Å². The summed E-state index contributed by atoms with van der Waals surface area (Å²) in [6, 6.07) is 27.8. The number of hydrogen-bond acceptors (Lipinski definition) is 12. The molecule has 2 fully saturated rings. The Bertz CT molecular complexity index is 2140. The number of rotatable bonds is 16. The number of nitrogens with one attached hydrogen (secondary N) is 1. The fourth-order valence-corrected chi connectivity index (χ4v) is 7.71. The van der Waals surface area contributed by atoms with Crippen LogP contribution >= 0.6 is 0 Å². The molecule has 2 aromatic heterocycles. The summed E-state index contributed by atoms with van der Waals surface area (Å²) in [7, 11) is 5.45. The molecule has 60 heavy (non-hydrogen) atoms. The van der Waals surface area contributed by atoms with Crippen molar-refractivity contribution in [2.45, 2.75) is 95.8 Å². The quantitative estimate of drug-likeness (QED) is 0.115. The van der Waals surface area contributed by atoms with Gasteiger partial charge in [0.25, 0.3) is 0 Å². The molecule has 0 unspecified atom stereocenters. The van der Waals surface area contributed by atoms with Crippen molar-refractivity contribution in [3.05, 3.63) is 120 Å². The molecule has 8 atom stereocenters. The van der Waals surface area contributed by atoms with Crippen LogP contribution in [-0.4, -0.2) is 89.0 Å². The minimum Gasteiger partial charge on any atom is -0.445 e. The van der Waals surface area contributed by atoms with E-state index < -0.39 is 18.2 Å². The van der Waals surface area contributed by atoms with E-state index in [9.17, 15) is 14.4 Å². The number of fused-ring (bicyclic) bond motifs is 1. The van der Waals surface area contributed by atoms with Crippen LogP contribution in [0, 0.1) is 11.8 Å². The van der Waals surface area contributed by atoms with Crippen molar-refractivity contribution >= 4 is 34.6 Å². The number of alkyl carbamates (subject to hydrolysis) is 1. The summed E-state index contributed by atoms with van der Waals surface area (Å²) in [5.41, 5.74) is 10.6. The molecular formula is C46H57N7O7. The van der Waals surface area contributed by atoms with E-state index in [0.717, 1.165) is 40.1 Å². The first-order chi connectivity index (χ1) is 29.0. The topological polar surface area (TPSA) is 173 Å². The number of nitrogens with two attached hydrogens (primary N) is 1. The summed E-state index contributed by atoms with van der Waals surface area (Å²) < 4.78 is 24.4. The largest absolute Gasteiger partial charge is 0.445 e. The van der Waals surface area contributed by atoms with Crippen LogP contribution < -0.4 is 16.0 Å². The molecule has 4 heterocycles. The first kappa shape index (κ1) is 44.0. The standard InChI is InChI=1S/C24H29NO5.C22H28N6O2/c1-17-20(15-23(28-2)30-17)14-22(26)21(13-18-9-5-3-6-10-18)25-24(27)29-16-19-11-7-4-8-12-19;1-14-16(10-18(29)17(23)9-15-7-5-4-6-8-15)11-19(30-14)28-13-26-20-21(27(2)3)24-12-25-22(20)28/h3-12,17,20-21,23H,13-16H2,1-2H3,(H,25,27);4-8,12-14,16-17,19H,9-11,23H2,1-3H3/t17-,20-,21+,23-;14-,16-,17+,19-/m11/s1. The fourth-order valence-electron chi connectivity index (χ4n) is 7.71. The number of nitrogens with zero attached hydrogens (tertiary/aromatic N) is 5. The second kappa shape index (κ2) is 21.1. The average Bonchev–Trinajstić information content (AvgIpc) is 3.96. The molecule has 14 nitrogen and oxygen atoms in total. The lowest BCUT2D eigenvalue weighted by Gasteiger charge is -2.20. The van der Waals surface area contributed by atoms with Crippen molar-refractivity contribution in [1.82, 2.24) is 24.8 Å². The van der Waals surface area contributed by atoms with Crippen LogP contribution in [0.25, 0.3) is 11.2 Å². The molecule has 0 spiro atoms. The van der Waals surface area contributed by atoms with Gasteiger partial charge in [-0.15, -0.1) is 0 Å². The first-order valence-electron chi connectivity index (χ1n) is 20.5. The van der Waals surface area contributed by atoms with Gasteiger partial charge < -0.3 is 34.9 Å². The molecule has 5 aromatic rings. The van der Waals surface area contributed by atoms with Crippen LogP contribution in [0.1, 0.15) is 62.4 Å². The predicted molar refractivity (Wildman–Crippen MR) is 228 cm³/mol. The number of ketones is 2. The number of methoxy groups -OCH3 is 1. The predicted octanol–water partition coefficient (Wildman–Crippen LogP) is 6.23. The Balaban J connectivity index is 0.000000201. The number of anilines is 1. The van der Waals surface area contributed by atoms with E-state index >= 15 is 0 Å². The zero-order valence-electron chi connectivity index (χ0n) is 35.1. The molecule has 1 amide bonds. The highest BCUT2D eigenvalue weighted by Gasteiger charge is 2.37. The van der Waals surface area contributed by atoms with Crippen LogP contribution in [0.2, 0.25) is 0 Å². The number of amides is 1. The van der Waals surface area contributed by atoms with Crippen molar-refractivity contribution in [3.8, 4) is 0 Å². The van der Waals surface area contributed by atoms with Gasteiger partial charge in [0.15, 0.2) is 29.1 Å². The van der Waals surface area contributed by atoms with Crippen molar-refractivity contribution in [2.75, 3.05) is 26.1 Å². The molecule has 3 aromatic carbocycles. The number of carbonyl (C=O) groups is 3. The number of Topliss-reactive ketones (excluding diaryl/α,β-unsaturated/α-hetero) is 2. The lowest BCUT2D eigenvalue weighted by Crippen LogP contribution is -2.43. The minimum atomic E-state index is -0.663. The Morgan fingerprint density at radius 2 is 1.38 bits per heavy atom. The molecule has 0 bridgehead atoms. The number of benzene rings is 3. The van der Waals surface area contributed by atoms with Crippen LogP contribution in [0.5, 0.6) is 0 Å². The van der Waals surface area contributed by atoms with Crippen LogP contribution in [0.4, 0.5) is 10.6 Å². The third-order valence-electron chi connectivity index (χ3n) is 11.2. The molecule has 318 valence electrons. The zero-order valence-corrected chi connectivity index (χ0v) is 35.1. The summed E-state index contributed by atoms with van der Waals surface area (Å²) in [6.45, 7) is 4.12. The molecule has 2 saturated heterocycles. The van der Waals surface area contributed by atoms with Crippen molar-refractivity contribution in [2.24, 2.45) is 17.6 Å². The van der Waals surface area contributed by atoms with Crippen LogP contribution in [0.15, 0.2) is 104 Å². The van der Waals surface area contributed by atoms with Gasteiger partial charge in [-0.3, -0.25) is 14.2 Å². The normalized spacial score (nSPS) is 22.0. The van der Waals surface area contributed by atoms with Crippen molar-refractivity contribution < 1.29 is 33.3 Å². The van der Waals surface area contributed by atoms with Gasteiger partial charge in [-0.2, -0.15) is 0 Å². The summed E-state index contributed by atoms with van der Waals surface area (Å²) >= 11 is 0. The molecule has 0 aliphatic carbocycles. The Morgan fingerprint density at radius 1 is 0.800 bits per heavy atom. The lowest BCUT2D eigenvalue weighted by atomic mass is 9.91. The second-order valence-electron chi connectivity index (χ2n) is 15.8. The lowest BCUT2D eigenvalue weighted by molar-refractivity contribution is -0.123. The monoisotopic (exact) mass is 819 g/mol. The minimum absolute atomic E-state index is 0.0345. The summed E-state index contributed by atoms with van der Waals surface area (Å²) in [5.74, 6) is 0.976. The van der Waals surface area contributed by atoms with Crippen LogP contribution in [0.3, 0.4) is 0 Å². The maximum Gasteiger partial charge on any atom is 0.408 e. The second-order valence-corrected chi connectivity index (χ2v) is 15.8. The number of hydrogen-bond donors (Lipinski definition) is 2. The van der Waals surface area contributed by atoms with E-state index in [1.807, 2.05) is 128 Å². The maximum absolute atomic E-state index is 13.1. The molecule has 2 aliphatic rings. The third kappa shape index (κ3) is 11.8. The Labute approximate surface area is 351 Å². The van der Waals surface area contributed by atoms with Gasteiger partial charge in [-0.25, -0.2) is 19.7 Å². The number of imidazole rings is 1. The van der Waals surface area contributed by atoms with E-state index in [-0.39, 0.29) is 54.7 Å². The number of ether oxygens (including phenoxy) is 4. The Hall–Kier alpha value is -5.54. The van der Waals surface area contributed by atoms with E-state index in [1.54, 1.807) is 13.4 Å². The highest BCUT2D eigenvalue weighted by molar-refractivity contribution is 5.88. The Kier molecular flexibility index (Phi) is 15.5. The Morgan fingerprint density at radius 3 is 2.00 bits per heavy atom. The number of aromatic nitrogens is 4. The SMILES string of the molecule is CO[C@H]1C[C@@H](CC(=O)[C@H](Cc2ccccc2)NC(=O)OCc2ccccc2)[C@@H](C)O1.C[C@H]1O[C@@H](n2cnc3c(N(C)C)ncnc32)C[C@H]1CC(=O)[C@@H](N)Cc1ccccc1. The zero-order chi connectivity index (χ0) is 42.6. The van der Waals surface area contributed by atoms with Gasteiger partial charge in [0.05, 0.1) is 30.6 Å². The molecule has 7 rings (SSSR count). The molecule has 2 aliphatic heterocycles. The molecule has 3 N–H and O–H groups in total. The highest BCUT2D eigenvalue weighted by atomic mass is 16.7. The van der Waals surface area contributed by atoms with Gasteiger partial charge in [0.2, 0.25) is 0 Å². The van der Waals surface area contributed by atoms with Gasteiger partial charge >= 0.3 is 6.09 Å². The smallest absolute Gasteiger partial charge is 0.408 e. The van der Waals surface area contributed by atoms with E-state index in [0.29, 0.717) is 32.1 Å². The third-order valence-corrected chi connectivity index (χ3v) is 11.2. The number of carbonyl (C=O) groups excluding carboxylic acids is 3. The van der Waals surface area contributed by atoms with E-state index in [2.05, 4.69) is 20.3 Å². The highest BCUT2D eigenvalue weighted by Crippen LogP contribution is 2.37. The molecule has 0 saturated carbocycles. The summed E-state index contributed by atoms with van der Waals surface area (Å²) in [6.07, 6.45) is 5.16. The van der Waals surface area contributed by atoms with Gasteiger partial charge in [-0.05, 0) is 61.6 Å². The molecule has 0 radical (unpaired) electrons. The van der Waals surface area contributed by atoms with Crippen molar-refractivity contribution in [3.63, 3.8) is 0 Å². The molecular weight excluding hydrogens is 763 g/mol. The maximum atomic E-state index is 13.1. The summed E-state index contributed by atoms with van der Waals surface area (Å²) in [4.78, 5) is 53.4. The first-order valence-corrected chi connectivity index (χ1v) is 20.5. The molecule has 14 heteroatoms. The summed E-state index contributed by atoms with van der Waals surface area (Å²) in [5, 5.41) is 2.77. The van der Waals surface area contributed by atoms with E-state index in [1.165, 1.54) is 6.33 Å². The van der Waals surface area contributed by atoms with Crippen molar-refractivity contribution in [1.29, 1.82) is 0 Å².